The van der Waals surface area contributed by atoms with Crippen molar-refractivity contribution in [3.8, 4) is 0 Å². The fourth-order valence-corrected chi connectivity index (χ4v) is 4.14. The van der Waals surface area contributed by atoms with E-state index < -0.39 is 12.1 Å². The maximum absolute atomic E-state index is 12.3. The lowest BCUT2D eigenvalue weighted by molar-refractivity contribution is 0.0477. The second-order valence-electron chi connectivity index (χ2n) is 6.76. The summed E-state index contributed by atoms with van der Waals surface area (Å²) in [6.07, 6.45) is 3.50. The van der Waals surface area contributed by atoms with E-state index in [0.29, 0.717) is 23.0 Å². The molecule has 0 saturated heterocycles. The Morgan fingerprint density at radius 1 is 1.39 bits per heavy atom. The van der Waals surface area contributed by atoms with Gasteiger partial charge in [-0.15, -0.1) is 0 Å². The van der Waals surface area contributed by atoms with Crippen molar-refractivity contribution in [1.82, 2.24) is 9.55 Å². The first-order valence-electron chi connectivity index (χ1n) is 8.49. The molecule has 1 unspecified atom stereocenters. The quantitative estimate of drug-likeness (QED) is 0.767. The third-order valence-electron chi connectivity index (χ3n) is 4.68. The molecule has 0 aromatic carbocycles. The van der Waals surface area contributed by atoms with E-state index in [1.165, 1.54) is 0 Å². The summed E-state index contributed by atoms with van der Waals surface area (Å²) in [7, 11) is 0. The molecular weight excluding hydrogens is 360 g/mol. The average Bonchev–Trinajstić information content (AvgIpc) is 2.85. The van der Waals surface area contributed by atoms with Crippen LogP contribution >= 0.6 is 15.9 Å². The maximum Gasteiger partial charge on any atom is 0.358 e. The number of aliphatic hydroxyl groups excluding tert-OH is 1. The van der Waals surface area contributed by atoms with Gasteiger partial charge in [0.25, 0.3) is 0 Å². The Labute approximate surface area is 146 Å². The Hall–Kier alpha value is -0.880. The lowest BCUT2D eigenvalue weighted by Crippen LogP contribution is -2.24. The van der Waals surface area contributed by atoms with Gasteiger partial charge in [-0.3, -0.25) is 0 Å². The number of carbonyl (C=O) groups is 1. The van der Waals surface area contributed by atoms with Crippen LogP contribution in [0.2, 0.25) is 0 Å². The molecule has 0 aliphatic heterocycles. The lowest BCUT2D eigenvalue weighted by atomic mass is 9.79. The molecule has 2 rings (SSSR count). The Balaban J connectivity index is 2.39. The molecule has 1 aromatic heterocycles. The highest BCUT2D eigenvalue weighted by Crippen LogP contribution is 2.39. The highest BCUT2D eigenvalue weighted by atomic mass is 79.9. The molecule has 1 atom stereocenters. The van der Waals surface area contributed by atoms with E-state index in [2.05, 4.69) is 27.8 Å². The van der Waals surface area contributed by atoms with Crippen LogP contribution in [0.15, 0.2) is 4.73 Å². The molecule has 23 heavy (non-hydrogen) atoms. The number of hydrogen-bond donors (Lipinski definition) is 1. The molecule has 130 valence electrons. The van der Waals surface area contributed by atoms with Crippen LogP contribution in [0.4, 0.5) is 0 Å². The number of esters is 1. The molecule has 1 saturated carbocycles. The molecule has 1 aromatic rings. The molecule has 1 aliphatic rings. The van der Waals surface area contributed by atoms with Gasteiger partial charge < -0.3 is 14.4 Å². The number of halogens is 1. The first-order chi connectivity index (χ1) is 10.9. The van der Waals surface area contributed by atoms with Gasteiger partial charge in [0.2, 0.25) is 0 Å². The Morgan fingerprint density at radius 2 is 2.00 bits per heavy atom. The summed E-state index contributed by atoms with van der Waals surface area (Å²) >= 11 is 3.42. The summed E-state index contributed by atoms with van der Waals surface area (Å²) in [4.78, 5) is 16.6. The molecule has 6 heteroatoms. The minimum atomic E-state index is -0.692. The number of aromatic nitrogens is 2. The monoisotopic (exact) mass is 386 g/mol. The second-order valence-corrected chi connectivity index (χ2v) is 7.47. The highest BCUT2D eigenvalue weighted by molar-refractivity contribution is 9.10. The van der Waals surface area contributed by atoms with E-state index in [1.807, 2.05) is 18.4 Å². The maximum atomic E-state index is 12.3. The van der Waals surface area contributed by atoms with Crippen molar-refractivity contribution in [3.05, 3.63) is 16.1 Å². The van der Waals surface area contributed by atoms with Crippen LogP contribution in [0.3, 0.4) is 0 Å². The van der Waals surface area contributed by atoms with Gasteiger partial charge in [0.1, 0.15) is 0 Å². The van der Waals surface area contributed by atoms with E-state index in [9.17, 15) is 9.90 Å². The fourth-order valence-electron chi connectivity index (χ4n) is 3.37. The Morgan fingerprint density at radius 3 is 2.52 bits per heavy atom. The molecular formula is C17H27BrN2O3. The number of hydrogen-bond acceptors (Lipinski definition) is 4. The normalized spacial score (nSPS) is 23.1. The largest absolute Gasteiger partial charge is 0.461 e. The van der Waals surface area contributed by atoms with Gasteiger partial charge in [-0.2, -0.15) is 0 Å². The van der Waals surface area contributed by atoms with Crippen molar-refractivity contribution in [3.63, 3.8) is 0 Å². The van der Waals surface area contributed by atoms with Crippen LogP contribution in [0.1, 0.15) is 81.7 Å². The summed E-state index contributed by atoms with van der Waals surface area (Å²) in [6.45, 7) is 8.34. The van der Waals surface area contributed by atoms with Crippen LogP contribution in [0, 0.1) is 11.8 Å². The van der Waals surface area contributed by atoms with E-state index in [1.54, 1.807) is 6.92 Å². The SMILES string of the molecule is CCOC(=O)c1nc(Br)n(C(C)C)c1C(O)[C@H]1CC[C@H](C)CC1. The standard InChI is InChI=1S/C17H27BrN2O3/c1-5-23-16(22)13-14(20(10(2)3)17(18)19-13)15(21)12-8-6-11(4)7-9-12/h10-12,15,21H,5-9H2,1-4H3/t11-,12-,15?. The number of nitrogens with zero attached hydrogens (tertiary/aromatic N) is 2. The topological polar surface area (TPSA) is 64.3 Å². The summed E-state index contributed by atoms with van der Waals surface area (Å²) < 4.78 is 7.59. The number of aliphatic hydroxyl groups is 1. The average molecular weight is 387 g/mol. The number of imidazole rings is 1. The molecule has 0 radical (unpaired) electrons. The van der Waals surface area contributed by atoms with E-state index in [0.717, 1.165) is 25.7 Å². The van der Waals surface area contributed by atoms with Crippen molar-refractivity contribution in [2.24, 2.45) is 11.8 Å². The van der Waals surface area contributed by atoms with Crippen LogP contribution in [-0.2, 0) is 4.74 Å². The predicted octanol–water partition coefficient (Wildman–Crippen LogP) is 4.26. The molecule has 1 N–H and O–H groups in total. The van der Waals surface area contributed by atoms with E-state index in [4.69, 9.17) is 4.74 Å². The third-order valence-corrected chi connectivity index (χ3v) is 5.24. The summed E-state index contributed by atoms with van der Waals surface area (Å²) in [5.41, 5.74) is 0.823. The smallest absolute Gasteiger partial charge is 0.358 e. The van der Waals surface area contributed by atoms with Crippen molar-refractivity contribution in [2.75, 3.05) is 6.61 Å². The number of rotatable bonds is 5. The molecule has 5 nitrogen and oxygen atoms in total. The van der Waals surface area contributed by atoms with Crippen LogP contribution < -0.4 is 0 Å². The van der Waals surface area contributed by atoms with Crippen LogP contribution in [0.5, 0.6) is 0 Å². The second kappa shape index (κ2) is 7.79. The van der Waals surface area contributed by atoms with Gasteiger partial charge in [0.15, 0.2) is 10.4 Å². The molecule has 1 aliphatic carbocycles. The van der Waals surface area contributed by atoms with Crippen molar-refractivity contribution >= 4 is 21.9 Å². The molecule has 0 spiro atoms. The summed E-state index contributed by atoms with van der Waals surface area (Å²) in [5, 5.41) is 11.0. The first kappa shape index (κ1) is 18.5. The Kier molecular flexibility index (Phi) is 6.26. The molecule has 1 fully saturated rings. The lowest BCUT2D eigenvalue weighted by Gasteiger charge is -2.31. The van der Waals surface area contributed by atoms with Gasteiger partial charge >= 0.3 is 5.97 Å². The third kappa shape index (κ3) is 3.97. The first-order valence-corrected chi connectivity index (χ1v) is 9.28. The van der Waals surface area contributed by atoms with Gasteiger partial charge in [-0.05, 0) is 61.4 Å². The Bertz CT molecular complexity index is 548. The molecule has 0 bridgehead atoms. The van der Waals surface area contributed by atoms with Crippen LogP contribution in [-0.4, -0.2) is 27.2 Å². The van der Waals surface area contributed by atoms with Crippen molar-refractivity contribution in [2.45, 2.75) is 65.5 Å². The zero-order chi connectivity index (χ0) is 17.1. The fraction of sp³-hybridized carbons (Fsp3) is 0.765. The predicted molar refractivity (Wildman–Crippen MR) is 92.4 cm³/mol. The van der Waals surface area contributed by atoms with Crippen molar-refractivity contribution < 1.29 is 14.6 Å². The highest BCUT2D eigenvalue weighted by Gasteiger charge is 2.34. The van der Waals surface area contributed by atoms with Gasteiger partial charge in [0.05, 0.1) is 18.4 Å². The minimum Gasteiger partial charge on any atom is -0.461 e. The van der Waals surface area contributed by atoms with E-state index >= 15 is 0 Å². The zero-order valence-electron chi connectivity index (χ0n) is 14.4. The van der Waals surface area contributed by atoms with Crippen molar-refractivity contribution in [1.29, 1.82) is 0 Å². The summed E-state index contributed by atoms with van der Waals surface area (Å²) in [6, 6.07) is 0.0900. The molecule has 0 amide bonds. The minimum absolute atomic E-state index is 0.0900. The number of carbonyl (C=O) groups excluding carboxylic acids is 1. The molecule has 1 heterocycles. The van der Waals surface area contributed by atoms with Gasteiger partial charge in [-0.1, -0.05) is 19.8 Å². The van der Waals surface area contributed by atoms with Gasteiger partial charge in [0, 0.05) is 6.04 Å². The van der Waals surface area contributed by atoms with Gasteiger partial charge in [-0.25, -0.2) is 9.78 Å². The van der Waals surface area contributed by atoms with E-state index in [-0.39, 0.29) is 17.7 Å². The van der Waals surface area contributed by atoms with Crippen LogP contribution in [0.25, 0.3) is 0 Å². The number of ether oxygens (including phenoxy) is 1. The summed E-state index contributed by atoms with van der Waals surface area (Å²) in [5.74, 6) is 0.413. The zero-order valence-corrected chi connectivity index (χ0v) is 16.0.